The summed E-state index contributed by atoms with van der Waals surface area (Å²) in [4.78, 5) is 30.3. The highest BCUT2D eigenvalue weighted by Gasteiger charge is 2.27. The van der Waals surface area contributed by atoms with Crippen molar-refractivity contribution in [1.29, 1.82) is 0 Å². The van der Waals surface area contributed by atoms with E-state index in [0.717, 1.165) is 16.3 Å². The van der Waals surface area contributed by atoms with E-state index in [1.807, 2.05) is 35.7 Å². The van der Waals surface area contributed by atoms with Gasteiger partial charge in [0.1, 0.15) is 10.8 Å². The van der Waals surface area contributed by atoms with Crippen LogP contribution >= 0.6 is 11.3 Å². The molecule has 0 fully saturated rings. The van der Waals surface area contributed by atoms with Crippen molar-refractivity contribution in [2.45, 2.75) is 6.54 Å². The highest BCUT2D eigenvalue weighted by molar-refractivity contribution is 7.13. The summed E-state index contributed by atoms with van der Waals surface area (Å²) in [5, 5.41) is 11.6. The molecule has 2 amide bonds. The third-order valence-electron chi connectivity index (χ3n) is 4.16. The van der Waals surface area contributed by atoms with Crippen LogP contribution in [0, 0.1) is 0 Å². The Morgan fingerprint density at radius 3 is 2.85 bits per heavy atom. The lowest BCUT2D eigenvalue weighted by Crippen LogP contribution is -2.38. The Morgan fingerprint density at radius 2 is 2.07 bits per heavy atom. The third kappa shape index (κ3) is 3.40. The Balaban J connectivity index is 1.64. The topological polar surface area (TPSA) is 91.8 Å². The first-order valence-electron chi connectivity index (χ1n) is 8.17. The maximum atomic E-state index is 12.4. The summed E-state index contributed by atoms with van der Waals surface area (Å²) in [6.45, 7) is 0.191. The smallest absolute Gasteiger partial charge is 0.274 e. The largest absolute Gasteiger partial charge is 0.482 e. The number of aromatic nitrogens is 1. The zero-order chi connectivity index (χ0) is 18.8. The zero-order valence-electron chi connectivity index (χ0n) is 14.1. The van der Waals surface area contributed by atoms with E-state index in [9.17, 15) is 9.59 Å². The summed E-state index contributed by atoms with van der Waals surface area (Å²) in [6.07, 6.45) is 0. The van der Waals surface area contributed by atoms with Crippen molar-refractivity contribution in [2.24, 2.45) is 0 Å². The van der Waals surface area contributed by atoms with Crippen LogP contribution in [-0.2, 0) is 11.3 Å². The summed E-state index contributed by atoms with van der Waals surface area (Å²) in [6, 6.07) is 14.5. The van der Waals surface area contributed by atoms with Crippen molar-refractivity contribution in [3.05, 3.63) is 65.2 Å². The molecule has 7 nitrogen and oxygen atoms in total. The molecule has 0 radical (unpaired) electrons. The molecule has 2 heterocycles. The highest BCUT2D eigenvalue weighted by Crippen LogP contribution is 2.34. The zero-order valence-corrected chi connectivity index (χ0v) is 14.9. The summed E-state index contributed by atoms with van der Waals surface area (Å²) in [5.74, 6) is -0.378. The van der Waals surface area contributed by atoms with Gasteiger partial charge in [0, 0.05) is 16.5 Å². The van der Waals surface area contributed by atoms with Crippen molar-refractivity contribution in [3.8, 4) is 16.3 Å². The molecule has 0 unspecified atom stereocenters. The number of ether oxygens (including phenoxy) is 1. The summed E-state index contributed by atoms with van der Waals surface area (Å²) in [5.41, 5.74) is 4.06. The molecule has 0 bridgehead atoms. The Morgan fingerprint density at radius 1 is 1.26 bits per heavy atom. The second-order valence-corrected chi connectivity index (χ2v) is 6.76. The molecule has 2 N–H and O–H groups in total. The van der Waals surface area contributed by atoms with Crippen molar-refractivity contribution in [1.82, 2.24) is 10.5 Å². The summed E-state index contributed by atoms with van der Waals surface area (Å²) >= 11 is 1.51. The van der Waals surface area contributed by atoms with Crippen molar-refractivity contribution >= 4 is 28.8 Å². The van der Waals surface area contributed by atoms with E-state index in [-0.39, 0.29) is 24.6 Å². The van der Waals surface area contributed by atoms with Gasteiger partial charge in [-0.15, -0.1) is 11.3 Å². The van der Waals surface area contributed by atoms with E-state index in [1.54, 1.807) is 11.5 Å². The average molecular weight is 381 g/mol. The third-order valence-corrected chi connectivity index (χ3v) is 5.10. The maximum Gasteiger partial charge on any atom is 0.274 e. The van der Waals surface area contributed by atoms with Gasteiger partial charge < -0.3 is 4.74 Å². The van der Waals surface area contributed by atoms with Crippen LogP contribution in [-0.4, -0.2) is 28.6 Å². The number of nitrogens with one attached hydrogen (secondary N) is 1. The molecule has 1 aromatic heterocycles. The molecule has 136 valence electrons. The number of thiazole rings is 1. The molecule has 27 heavy (non-hydrogen) atoms. The van der Waals surface area contributed by atoms with Crippen LogP contribution in [0.4, 0.5) is 5.69 Å². The Kier molecular flexibility index (Phi) is 4.57. The van der Waals surface area contributed by atoms with Crippen LogP contribution in [0.3, 0.4) is 0 Å². The first kappa shape index (κ1) is 17.2. The summed E-state index contributed by atoms with van der Waals surface area (Å²) in [7, 11) is 0. The highest BCUT2D eigenvalue weighted by atomic mass is 32.1. The number of carbonyl (C=O) groups is 2. The molecule has 1 aliphatic heterocycles. The molecule has 3 aromatic rings. The molecule has 2 aromatic carbocycles. The second-order valence-electron chi connectivity index (χ2n) is 5.90. The van der Waals surface area contributed by atoms with Gasteiger partial charge in [-0.1, -0.05) is 30.3 Å². The minimum Gasteiger partial charge on any atom is -0.482 e. The minimum absolute atomic E-state index is 0.0752. The SMILES string of the molecule is O=C(NO)c1ccc2c(c1)N(Cc1csc(-c3ccccc3)n1)C(=O)CO2. The summed E-state index contributed by atoms with van der Waals surface area (Å²) < 4.78 is 5.44. The van der Waals surface area contributed by atoms with Crippen molar-refractivity contribution in [3.63, 3.8) is 0 Å². The first-order chi connectivity index (χ1) is 13.2. The van der Waals surface area contributed by atoms with Crippen LogP contribution in [0.5, 0.6) is 5.75 Å². The Bertz CT molecular complexity index is 1000. The van der Waals surface area contributed by atoms with Gasteiger partial charge >= 0.3 is 0 Å². The maximum absolute atomic E-state index is 12.4. The lowest BCUT2D eigenvalue weighted by atomic mass is 10.1. The predicted molar refractivity (Wildman–Crippen MR) is 99.9 cm³/mol. The van der Waals surface area contributed by atoms with Gasteiger partial charge in [0.05, 0.1) is 17.9 Å². The average Bonchev–Trinajstić information content (AvgIpc) is 3.18. The monoisotopic (exact) mass is 381 g/mol. The van der Waals surface area contributed by atoms with Crippen LogP contribution in [0.25, 0.3) is 10.6 Å². The van der Waals surface area contributed by atoms with Gasteiger partial charge in [-0.3, -0.25) is 19.7 Å². The second kappa shape index (κ2) is 7.18. The number of hydroxylamine groups is 1. The van der Waals surface area contributed by atoms with E-state index < -0.39 is 5.91 Å². The van der Waals surface area contributed by atoms with Crippen molar-refractivity contribution < 1.29 is 19.5 Å². The van der Waals surface area contributed by atoms with Gasteiger partial charge in [-0.05, 0) is 18.2 Å². The number of fused-ring (bicyclic) bond motifs is 1. The van der Waals surface area contributed by atoms with Gasteiger partial charge in [0.25, 0.3) is 11.8 Å². The van der Waals surface area contributed by atoms with Gasteiger partial charge in [0.15, 0.2) is 6.61 Å². The van der Waals surface area contributed by atoms with Gasteiger partial charge in [0.2, 0.25) is 0 Å². The molecule has 0 spiro atoms. The van der Waals surface area contributed by atoms with E-state index in [4.69, 9.17) is 9.94 Å². The van der Waals surface area contributed by atoms with E-state index in [0.29, 0.717) is 11.4 Å². The number of amides is 2. The fourth-order valence-corrected chi connectivity index (χ4v) is 3.65. The predicted octanol–water partition coefficient (Wildman–Crippen LogP) is 2.85. The molecule has 0 saturated carbocycles. The fraction of sp³-hybridized carbons (Fsp3) is 0.105. The van der Waals surface area contributed by atoms with E-state index in [1.165, 1.54) is 28.4 Å². The normalized spacial score (nSPS) is 13.1. The molecule has 1 aliphatic rings. The number of benzene rings is 2. The van der Waals surface area contributed by atoms with E-state index >= 15 is 0 Å². The molecule has 4 rings (SSSR count). The standard InChI is InChI=1S/C19H15N3O4S/c23-17-10-26-16-7-6-13(18(24)21-25)8-15(16)22(17)9-14-11-27-19(20-14)12-4-2-1-3-5-12/h1-8,11,25H,9-10H2,(H,21,24). The van der Waals surface area contributed by atoms with Crippen LogP contribution < -0.4 is 15.1 Å². The molecular formula is C19H15N3O4S. The van der Waals surface area contributed by atoms with Gasteiger partial charge in [-0.2, -0.15) is 0 Å². The lowest BCUT2D eigenvalue weighted by molar-refractivity contribution is -0.121. The number of rotatable bonds is 4. The number of carbonyl (C=O) groups excluding carboxylic acids is 2. The number of nitrogens with zero attached hydrogens (tertiary/aromatic N) is 2. The Labute approximate surface area is 158 Å². The fourth-order valence-electron chi connectivity index (χ4n) is 2.84. The molecule has 0 atom stereocenters. The quantitative estimate of drug-likeness (QED) is 0.536. The Hall–Kier alpha value is -3.23. The first-order valence-corrected chi connectivity index (χ1v) is 9.05. The number of anilines is 1. The molecule has 0 saturated heterocycles. The van der Waals surface area contributed by atoms with Crippen LogP contribution in [0.2, 0.25) is 0 Å². The molecule has 8 heteroatoms. The molecule has 0 aliphatic carbocycles. The number of hydrogen-bond donors (Lipinski definition) is 2. The molecular weight excluding hydrogens is 366 g/mol. The minimum atomic E-state index is -0.657. The van der Waals surface area contributed by atoms with Crippen LogP contribution in [0.1, 0.15) is 16.1 Å². The van der Waals surface area contributed by atoms with Crippen molar-refractivity contribution in [2.75, 3.05) is 11.5 Å². The lowest BCUT2D eigenvalue weighted by Gasteiger charge is -2.29. The number of hydrogen-bond acceptors (Lipinski definition) is 6. The van der Waals surface area contributed by atoms with Crippen LogP contribution in [0.15, 0.2) is 53.9 Å². The van der Waals surface area contributed by atoms with E-state index in [2.05, 4.69) is 4.98 Å². The van der Waals surface area contributed by atoms with Gasteiger partial charge in [-0.25, -0.2) is 10.5 Å².